The second-order valence-electron chi connectivity index (χ2n) is 4.12. The Morgan fingerprint density at radius 1 is 1.40 bits per heavy atom. The summed E-state index contributed by atoms with van der Waals surface area (Å²) in [5.41, 5.74) is 6.34. The SMILES string of the molecule is CNC(=O)c1ccc(OC)c(NC(=O)C(C)CN)c1.Cl. The van der Waals surface area contributed by atoms with Crippen LogP contribution in [0.4, 0.5) is 5.69 Å². The zero-order chi connectivity index (χ0) is 14.4. The number of benzene rings is 1. The highest BCUT2D eigenvalue weighted by molar-refractivity contribution is 5.98. The first-order chi connectivity index (χ1) is 9.03. The number of amides is 2. The van der Waals surface area contributed by atoms with E-state index in [4.69, 9.17) is 10.5 Å². The number of anilines is 1. The van der Waals surface area contributed by atoms with Crippen molar-refractivity contribution in [2.75, 3.05) is 26.0 Å². The van der Waals surface area contributed by atoms with E-state index in [0.29, 0.717) is 17.0 Å². The average Bonchev–Trinajstić information content (AvgIpc) is 2.45. The summed E-state index contributed by atoms with van der Waals surface area (Å²) in [6.45, 7) is 1.98. The van der Waals surface area contributed by atoms with Crippen molar-refractivity contribution in [3.63, 3.8) is 0 Å². The molecule has 0 aromatic heterocycles. The Labute approximate surface area is 124 Å². The van der Waals surface area contributed by atoms with Crippen LogP contribution in [-0.2, 0) is 4.79 Å². The van der Waals surface area contributed by atoms with Crippen LogP contribution >= 0.6 is 12.4 Å². The van der Waals surface area contributed by atoms with Crippen molar-refractivity contribution >= 4 is 29.9 Å². The van der Waals surface area contributed by atoms with Crippen LogP contribution in [0.3, 0.4) is 0 Å². The van der Waals surface area contributed by atoms with Crippen LogP contribution in [0.15, 0.2) is 18.2 Å². The van der Waals surface area contributed by atoms with Gasteiger partial charge in [-0.1, -0.05) is 6.92 Å². The molecule has 112 valence electrons. The first kappa shape index (κ1) is 18.2. The summed E-state index contributed by atoms with van der Waals surface area (Å²) in [5.74, 6) is -0.265. The summed E-state index contributed by atoms with van der Waals surface area (Å²) in [6.07, 6.45) is 0. The van der Waals surface area contributed by atoms with Crippen LogP contribution in [0, 0.1) is 5.92 Å². The number of carbonyl (C=O) groups excluding carboxylic acids is 2. The monoisotopic (exact) mass is 301 g/mol. The molecule has 4 N–H and O–H groups in total. The lowest BCUT2D eigenvalue weighted by atomic mass is 10.1. The summed E-state index contributed by atoms with van der Waals surface area (Å²) in [4.78, 5) is 23.4. The normalized spacial score (nSPS) is 11.0. The van der Waals surface area contributed by atoms with Crippen LogP contribution in [-0.4, -0.2) is 32.5 Å². The molecule has 0 aliphatic heterocycles. The summed E-state index contributed by atoms with van der Waals surface area (Å²) in [6, 6.07) is 4.83. The molecular formula is C13H20ClN3O3. The van der Waals surface area contributed by atoms with Crippen LogP contribution in [0.25, 0.3) is 0 Å². The predicted molar refractivity (Wildman–Crippen MR) is 80.5 cm³/mol. The number of methoxy groups -OCH3 is 1. The molecule has 0 aliphatic carbocycles. The van der Waals surface area contributed by atoms with Gasteiger partial charge in [0.25, 0.3) is 5.91 Å². The van der Waals surface area contributed by atoms with Crippen molar-refractivity contribution in [1.82, 2.24) is 5.32 Å². The first-order valence-electron chi connectivity index (χ1n) is 5.94. The summed E-state index contributed by atoms with van der Waals surface area (Å²) in [7, 11) is 3.04. The topological polar surface area (TPSA) is 93.5 Å². The Bertz CT molecular complexity index is 480. The van der Waals surface area contributed by atoms with Crippen LogP contribution in [0.5, 0.6) is 5.75 Å². The van der Waals surface area contributed by atoms with Crippen molar-refractivity contribution in [3.05, 3.63) is 23.8 Å². The van der Waals surface area contributed by atoms with Crippen molar-refractivity contribution in [1.29, 1.82) is 0 Å². The minimum Gasteiger partial charge on any atom is -0.495 e. The summed E-state index contributed by atoms with van der Waals surface area (Å²) in [5, 5.41) is 5.23. The third kappa shape index (κ3) is 4.40. The molecule has 2 amide bonds. The Morgan fingerprint density at radius 3 is 2.55 bits per heavy atom. The highest BCUT2D eigenvalue weighted by atomic mass is 35.5. The van der Waals surface area contributed by atoms with E-state index in [1.807, 2.05) is 0 Å². The molecule has 0 saturated carbocycles. The lowest BCUT2D eigenvalue weighted by Gasteiger charge is -2.14. The van der Waals surface area contributed by atoms with Gasteiger partial charge in [0.1, 0.15) is 5.75 Å². The number of hydrogen-bond donors (Lipinski definition) is 3. The molecular weight excluding hydrogens is 282 g/mol. The number of nitrogens with two attached hydrogens (primary N) is 1. The average molecular weight is 302 g/mol. The Balaban J connectivity index is 0.00000361. The minimum absolute atomic E-state index is 0. The molecule has 0 bridgehead atoms. The lowest BCUT2D eigenvalue weighted by Crippen LogP contribution is -2.27. The molecule has 6 nitrogen and oxygen atoms in total. The molecule has 0 fully saturated rings. The van der Waals surface area contributed by atoms with Gasteiger partial charge in [0.05, 0.1) is 12.8 Å². The molecule has 0 spiro atoms. The van der Waals surface area contributed by atoms with Crippen LogP contribution in [0.1, 0.15) is 17.3 Å². The Morgan fingerprint density at radius 2 is 2.05 bits per heavy atom. The van der Waals surface area contributed by atoms with Crippen molar-refractivity contribution in [2.45, 2.75) is 6.92 Å². The number of halogens is 1. The predicted octanol–water partition coefficient (Wildman–Crippen LogP) is 1.01. The summed E-state index contributed by atoms with van der Waals surface area (Å²) >= 11 is 0. The van der Waals surface area contributed by atoms with Gasteiger partial charge in [0.2, 0.25) is 5.91 Å². The van der Waals surface area contributed by atoms with E-state index >= 15 is 0 Å². The van der Waals surface area contributed by atoms with Gasteiger partial charge in [-0.05, 0) is 18.2 Å². The molecule has 1 rings (SSSR count). The number of nitrogens with one attached hydrogen (secondary N) is 2. The first-order valence-corrected chi connectivity index (χ1v) is 5.94. The third-order valence-electron chi connectivity index (χ3n) is 2.75. The van der Waals surface area contributed by atoms with E-state index in [0.717, 1.165) is 0 Å². The smallest absolute Gasteiger partial charge is 0.251 e. The number of carbonyl (C=O) groups is 2. The van der Waals surface area contributed by atoms with E-state index in [-0.39, 0.29) is 36.7 Å². The highest BCUT2D eigenvalue weighted by Crippen LogP contribution is 2.26. The molecule has 1 unspecified atom stereocenters. The molecule has 1 aromatic rings. The molecule has 1 aromatic carbocycles. The van der Waals surface area contributed by atoms with Crippen LogP contribution in [0.2, 0.25) is 0 Å². The molecule has 20 heavy (non-hydrogen) atoms. The minimum atomic E-state index is -0.312. The Kier molecular flexibility index (Phi) is 7.64. The maximum absolute atomic E-state index is 11.8. The van der Waals surface area contributed by atoms with Gasteiger partial charge in [-0.2, -0.15) is 0 Å². The van der Waals surface area contributed by atoms with E-state index in [9.17, 15) is 9.59 Å². The van der Waals surface area contributed by atoms with Gasteiger partial charge in [0, 0.05) is 25.1 Å². The fourth-order valence-electron chi connectivity index (χ4n) is 1.45. The number of rotatable bonds is 5. The van der Waals surface area contributed by atoms with Gasteiger partial charge in [-0.15, -0.1) is 12.4 Å². The second-order valence-corrected chi connectivity index (χ2v) is 4.12. The van der Waals surface area contributed by atoms with Crippen molar-refractivity contribution in [3.8, 4) is 5.75 Å². The van der Waals surface area contributed by atoms with Crippen LogP contribution < -0.4 is 21.1 Å². The van der Waals surface area contributed by atoms with Crippen molar-refractivity contribution in [2.24, 2.45) is 11.7 Å². The maximum atomic E-state index is 11.8. The fourth-order valence-corrected chi connectivity index (χ4v) is 1.45. The summed E-state index contributed by atoms with van der Waals surface area (Å²) < 4.78 is 5.15. The van der Waals surface area contributed by atoms with E-state index in [1.165, 1.54) is 7.11 Å². The highest BCUT2D eigenvalue weighted by Gasteiger charge is 2.15. The van der Waals surface area contributed by atoms with Gasteiger partial charge in [-0.25, -0.2) is 0 Å². The lowest BCUT2D eigenvalue weighted by molar-refractivity contribution is -0.119. The number of hydrogen-bond acceptors (Lipinski definition) is 4. The largest absolute Gasteiger partial charge is 0.495 e. The molecule has 0 aliphatic rings. The third-order valence-corrected chi connectivity index (χ3v) is 2.75. The molecule has 7 heteroatoms. The molecule has 0 radical (unpaired) electrons. The van der Waals surface area contributed by atoms with E-state index < -0.39 is 0 Å². The number of ether oxygens (including phenoxy) is 1. The quantitative estimate of drug-likeness (QED) is 0.756. The molecule has 0 heterocycles. The van der Waals surface area contributed by atoms with Crippen molar-refractivity contribution < 1.29 is 14.3 Å². The van der Waals surface area contributed by atoms with Gasteiger partial charge >= 0.3 is 0 Å². The van der Waals surface area contributed by atoms with Gasteiger partial charge < -0.3 is 21.1 Å². The molecule has 1 atom stereocenters. The van der Waals surface area contributed by atoms with Gasteiger partial charge in [0.15, 0.2) is 0 Å². The second kappa shape index (κ2) is 8.39. The zero-order valence-corrected chi connectivity index (χ0v) is 12.5. The van der Waals surface area contributed by atoms with E-state index in [2.05, 4.69) is 10.6 Å². The maximum Gasteiger partial charge on any atom is 0.251 e. The fraction of sp³-hybridized carbons (Fsp3) is 0.385. The van der Waals surface area contributed by atoms with Gasteiger partial charge in [-0.3, -0.25) is 9.59 Å². The Hall–Kier alpha value is -1.79. The standard InChI is InChI=1S/C13H19N3O3.ClH/c1-8(7-14)12(17)16-10-6-9(13(18)15-2)4-5-11(10)19-3;/h4-6,8H,7,14H2,1-3H3,(H,15,18)(H,16,17);1H. The zero-order valence-electron chi connectivity index (χ0n) is 11.7. The molecule has 0 saturated heterocycles. The van der Waals surface area contributed by atoms with E-state index in [1.54, 1.807) is 32.2 Å².